The van der Waals surface area contributed by atoms with E-state index in [1.165, 1.54) is 0 Å². The molecular formula is C12H24O4. The number of aliphatic hydroxyl groups is 1. The summed E-state index contributed by atoms with van der Waals surface area (Å²) in [5, 5.41) is 9.19. The lowest BCUT2D eigenvalue weighted by Crippen LogP contribution is -2.35. The van der Waals surface area contributed by atoms with Gasteiger partial charge in [-0.2, -0.15) is 0 Å². The first-order valence-corrected chi connectivity index (χ1v) is 5.80. The molecule has 0 aromatic carbocycles. The van der Waals surface area contributed by atoms with Crippen molar-refractivity contribution < 1.29 is 19.3 Å². The Morgan fingerprint density at radius 2 is 2.06 bits per heavy atom. The fourth-order valence-electron chi connectivity index (χ4n) is 1.79. The third kappa shape index (κ3) is 4.78. The average molecular weight is 232 g/mol. The zero-order valence-corrected chi connectivity index (χ0v) is 10.9. The molecule has 2 unspecified atom stereocenters. The van der Waals surface area contributed by atoms with Crippen molar-refractivity contribution >= 4 is 0 Å². The molecule has 2 atom stereocenters. The zero-order chi connectivity index (χ0) is 12.4. The topological polar surface area (TPSA) is 47.9 Å². The molecule has 0 aromatic rings. The lowest BCUT2D eigenvalue weighted by molar-refractivity contribution is -0.228. The van der Waals surface area contributed by atoms with Crippen molar-refractivity contribution in [1.82, 2.24) is 0 Å². The van der Waals surface area contributed by atoms with Crippen molar-refractivity contribution in [3.05, 3.63) is 0 Å². The second kappa shape index (κ2) is 5.00. The van der Waals surface area contributed by atoms with E-state index in [0.29, 0.717) is 6.61 Å². The molecule has 1 aliphatic rings. The van der Waals surface area contributed by atoms with Gasteiger partial charge in [0, 0.05) is 6.42 Å². The van der Waals surface area contributed by atoms with Crippen LogP contribution in [0.3, 0.4) is 0 Å². The molecule has 0 bridgehead atoms. The highest BCUT2D eigenvalue weighted by atomic mass is 16.7. The van der Waals surface area contributed by atoms with Crippen LogP contribution in [-0.4, -0.2) is 41.9 Å². The van der Waals surface area contributed by atoms with Crippen LogP contribution in [-0.2, 0) is 14.2 Å². The van der Waals surface area contributed by atoms with Crippen LogP contribution < -0.4 is 0 Å². The van der Waals surface area contributed by atoms with Gasteiger partial charge in [0.25, 0.3) is 0 Å². The van der Waals surface area contributed by atoms with Gasteiger partial charge in [0.2, 0.25) is 0 Å². The molecule has 0 aromatic heterocycles. The minimum absolute atomic E-state index is 0.00880. The Balaban J connectivity index is 2.40. The molecule has 0 spiro atoms. The van der Waals surface area contributed by atoms with Crippen LogP contribution in [0.25, 0.3) is 0 Å². The van der Waals surface area contributed by atoms with Crippen LogP contribution in [0.4, 0.5) is 0 Å². The molecule has 1 heterocycles. The Labute approximate surface area is 97.9 Å². The minimum Gasteiger partial charge on any atom is -0.391 e. The maximum Gasteiger partial charge on any atom is 0.181 e. The molecule has 1 saturated heterocycles. The Bertz CT molecular complexity index is 220. The molecule has 0 aliphatic carbocycles. The van der Waals surface area contributed by atoms with E-state index in [9.17, 15) is 5.11 Å². The summed E-state index contributed by atoms with van der Waals surface area (Å²) >= 11 is 0. The number of ether oxygens (including phenoxy) is 3. The summed E-state index contributed by atoms with van der Waals surface area (Å²) in [5.41, 5.74) is -0.450. The highest BCUT2D eigenvalue weighted by Crippen LogP contribution is 2.27. The summed E-state index contributed by atoms with van der Waals surface area (Å²) in [6.45, 7) is 10.3. The van der Waals surface area contributed by atoms with E-state index < -0.39 is 6.29 Å². The predicted molar refractivity (Wildman–Crippen MR) is 61.2 cm³/mol. The first-order valence-electron chi connectivity index (χ1n) is 5.80. The number of hydrogen-bond donors (Lipinski definition) is 1. The molecule has 1 aliphatic heterocycles. The second-order valence-electron chi connectivity index (χ2n) is 5.88. The maximum absolute atomic E-state index is 9.19. The highest BCUT2D eigenvalue weighted by molar-refractivity contribution is 4.81. The van der Waals surface area contributed by atoms with Crippen LogP contribution >= 0.6 is 0 Å². The van der Waals surface area contributed by atoms with Crippen molar-refractivity contribution in [2.75, 3.05) is 13.2 Å². The molecule has 0 radical (unpaired) electrons. The summed E-state index contributed by atoms with van der Waals surface area (Å²) in [6, 6.07) is 0. The van der Waals surface area contributed by atoms with E-state index in [1.54, 1.807) is 0 Å². The molecular weight excluding hydrogens is 208 g/mol. The largest absolute Gasteiger partial charge is 0.391 e. The summed E-state index contributed by atoms with van der Waals surface area (Å²) in [7, 11) is 0. The van der Waals surface area contributed by atoms with Crippen LogP contribution in [0.2, 0.25) is 0 Å². The smallest absolute Gasteiger partial charge is 0.181 e. The molecule has 16 heavy (non-hydrogen) atoms. The van der Waals surface area contributed by atoms with Crippen molar-refractivity contribution in [1.29, 1.82) is 0 Å². The molecule has 1 rings (SSSR count). The molecule has 1 fully saturated rings. The average Bonchev–Trinajstić information content (AvgIpc) is 2.42. The lowest BCUT2D eigenvalue weighted by Gasteiger charge is -2.28. The minimum atomic E-state index is -0.567. The third-order valence-corrected chi connectivity index (χ3v) is 2.36. The molecule has 0 amide bonds. The molecule has 0 saturated carbocycles. The Kier molecular flexibility index (Phi) is 4.35. The van der Waals surface area contributed by atoms with Crippen molar-refractivity contribution in [3.8, 4) is 0 Å². The maximum atomic E-state index is 9.19. The first kappa shape index (κ1) is 13.9. The summed E-state index contributed by atoms with van der Waals surface area (Å²) in [5.74, 6) is 0. The summed E-state index contributed by atoms with van der Waals surface area (Å²) in [4.78, 5) is 0. The van der Waals surface area contributed by atoms with E-state index in [0.717, 1.165) is 6.42 Å². The fraction of sp³-hybridized carbons (Fsp3) is 1.00. The van der Waals surface area contributed by atoms with E-state index in [1.807, 2.05) is 34.6 Å². The van der Waals surface area contributed by atoms with Gasteiger partial charge >= 0.3 is 0 Å². The van der Waals surface area contributed by atoms with Gasteiger partial charge in [-0.25, -0.2) is 0 Å². The van der Waals surface area contributed by atoms with Gasteiger partial charge in [-0.15, -0.1) is 0 Å². The molecule has 4 heteroatoms. The van der Waals surface area contributed by atoms with E-state index in [4.69, 9.17) is 14.2 Å². The van der Waals surface area contributed by atoms with Crippen LogP contribution in [0, 0.1) is 0 Å². The van der Waals surface area contributed by atoms with E-state index in [2.05, 4.69) is 0 Å². The number of aliphatic hydroxyl groups excluding tert-OH is 1. The van der Waals surface area contributed by atoms with Crippen molar-refractivity contribution in [2.45, 2.75) is 64.6 Å². The monoisotopic (exact) mass is 232 g/mol. The van der Waals surface area contributed by atoms with Crippen LogP contribution in [0.5, 0.6) is 0 Å². The van der Waals surface area contributed by atoms with Crippen LogP contribution in [0.15, 0.2) is 0 Å². The van der Waals surface area contributed by atoms with Crippen molar-refractivity contribution in [2.24, 2.45) is 0 Å². The highest BCUT2D eigenvalue weighted by Gasteiger charge is 2.34. The van der Waals surface area contributed by atoms with Crippen molar-refractivity contribution in [3.63, 3.8) is 0 Å². The normalized spacial score (nSPS) is 27.0. The predicted octanol–water partition coefficient (Wildman–Crippen LogP) is 1.70. The molecule has 1 N–H and O–H groups in total. The van der Waals surface area contributed by atoms with Gasteiger partial charge in [-0.1, -0.05) is 0 Å². The number of hydrogen-bond acceptors (Lipinski definition) is 4. The second-order valence-corrected chi connectivity index (χ2v) is 5.88. The Morgan fingerprint density at radius 1 is 1.44 bits per heavy atom. The van der Waals surface area contributed by atoms with Gasteiger partial charge in [-0.05, 0) is 34.6 Å². The number of rotatable bonds is 4. The molecule has 4 nitrogen and oxygen atoms in total. The first-order chi connectivity index (χ1) is 7.22. The van der Waals surface area contributed by atoms with E-state index >= 15 is 0 Å². The van der Waals surface area contributed by atoms with E-state index in [-0.39, 0.29) is 23.9 Å². The lowest BCUT2D eigenvalue weighted by atomic mass is 10.1. The molecule has 96 valence electrons. The van der Waals surface area contributed by atoms with Gasteiger partial charge < -0.3 is 19.3 Å². The zero-order valence-electron chi connectivity index (χ0n) is 10.9. The Hall–Kier alpha value is -0.160. The van der Waals surface area contributed by atoms with Gasteiger partial charge in [-0.3, -0.25) is 0 Å². The van der Waals surface area contributed by atoms with Gasteiger partial charge in [0.1, 0.15) is 0 Å². The van der Waals surface area contributed by atoms with Gasteiger partial charge in [0.15, 0.2) is 6.29 Å². The Morgan fingerprint density at radius 3 is 2.44 bits per heavy atom. The van der Waals surface area contributed by atoms with Crippen LogP contribution in [0.1, 0.15) is 41.0 Å². The summed E-state index contributed by atoms with van der Waals surface area (Å²) < 4.78 is 16.8. The fourth-order valence-corrected chi connectivity index (χ4v) is 1.79. The third-order valence-electron chi connectivity index (χ3n) is 2.36. The SMILES string of the molecule is CC(C)(C)OC(CO)OC1COC(C)(C)C1. The van der Waals surface area contributed by atoms with Gasteiger partial charge in [0.05, 0.1) is 30.5 Å². The quantitative estimate of drug-likeness (QED) is 0.750. The summed E-state index contributed by atoms with van der Waals surface area (Å²) in [6.07, 6.45) is 0.272. The standard InChI is InChI=1S/C12H24O4/c1-11(2,3)16-10(7-13)15-9-6-12(4,5)14-8-9/h9-10,13H,6-8H2,1-5H3.